The zero-order chi connectivity index (χ0) is 13.3. The number of carbonyl (C=O) groups is 1. The Morgan fingerprint density at radius 2 is 2.39 bits per heavy atom. The van der Waals surface area contributed by atoms with Crippen molar-refractivity contribution in [2.24, 2.45) is 5.73 Å². The highest BCUT2D eigenvalue weighted by atomic mass is 35.5. The molecule has 4 nitrogen and oxygen atoms in total. The van der Waals surface area contributed by atoms with E-state index < -0.39 is 12.0 Å². The first-order valence-corrected chi connectivity index (χ1v) is 6.30. The molecule has 5 heteroatoms. The summed E-state index contributed by atoms with van der Waals surface area (Å²) in [6.45, 7) is 2.65. The van der Waals surface area contributed by atoms with Gasteiger partial charge in [-0.2, -0.15) is 0 Å². The van der Waals surface area contributed by atoms with Crippen LogP contribution in [-0.4, -0.2) is 23.7 Å². The van der Waals surface area contributed by atoms with Crippen LogP contribution in [0.25, 0.3) is 0 Å². The fourth-order valence-electron chi connectivity index (χ4n) is 2.25. The Bertz CT molecular complexity index is 488. The van der Waals surface area contributed by atoms with E-state index in [0.29, 0.717) is 11.6 Å². The lowest BCUT2D eigenvalue weighted by molar-refractivity contribution is -0.138. The summed E-state index contributed by atoms with van der Waals surface area (Å²) in [6, 6.07) is 0.867. The first kappa shape index (κ1) is 13.2. The number of hydrogen-bond acceptors (Lipinski definition) is 3. The van der Waals surface area contributed by atoms with Gasteiger partial charge in [0.05, 0.1) is 11.6 Å². The largest absolute Gasteiger partial charge is 0.492 e. The number of ether oxygens (including phenoxy) is 1. The molecule has 2 rings (SSSR count). The van der Waals surface area contributed by atoms with Crippen LogP contribution >= 0.6 is 11.6 Å². The number of fused-ring (bicyclic) bond motifs is 1. The number of aliphatic carboxylic acids is 1. The summed E-state index contributed by atoms with van der Waals surface area (Å²) in [5.74, 6) is -0.257. The Hall–Kier alpha value is -1.26. The molecular weight excluding hydrogens is 254 g/mol. The molecule has 0 aliphatic carbocycles. The minimum Gasteiger partial charge on any atom is -0.492 e. The third kappa shape index (κ3) is 2.44. The number of nitrogens with two attached hydrogens (primary N) is 1. The van der Waals surface area contributed by atoms with E-state index in [-0.39, 0.29) is 6.42 Å². The standard InChI is InChI=1S/C13H16ClNO3/c1-7-8(6-11(15)13(16)17)5-10(14)12-9(7)3-2-4-18-12/h5,11H,2-4,6,15H2,1H3,(H,16,17). The highest BCUT2D eigenvalue weighted by Crippen LogP contribution is 2.37. The van der Waals surface area contributed by atoms with Crippen molar-refractivity contribution in [3.63, 3.8) is 0 Å². The van der Waals surface area contributed by atoms with E-state index in [1.807, 2.05) is 6.92 Å². The summed E-state index contributed by atoms with van der Waals surface area (Å²) in [7, 11) is 0. The fraction of sp³-hybridized carbons (Fsp3) is 0.462. The molecule has 0 aromatic heterocycles. The van der Waals surface area contributed by atoms with Crippen LogP contribution in [0.3, 0.4) is 0 Å². The molecule has 18 heavy (non-hydrogen) atoms. The van der Waals surface area contributed by atoms with Crippen LogP contribution in [0.1, 0.15) is 23.1 Å². The Morgan fingerprint density at radius 3 is 3.06 bits per heavy atom. The van der Waals surface area contributed by atoms with Gasteiger partial charge >= 0.3 is 5.97 Å². The van der Waals surface area contributed by atoms with Crippen LogP contribution in [0, 0.1) is 6.92 Å². The van der Waals surface area contributed by atoms with Gasteiger partial charge in [-0.1, -0.05) is 11.6 Å². The maximum atomic E-state index is 10.8. The molecule has 0 saturated heterocycles. The quantitative estimate of drug-likeness (QED) is 0.879. The van der Waals surface area contributed by atoms with Crippen LogP contribution < -0.4 is 10.5 Å². The van der Waals surface area contributed by atoms with Crippen molar-refractivity contribution in [1.29, 1.82) is 0 Å². The summed E-state index contributed by atoms with van der Waals surface area (Å²) in [5, 5.41) is 9.40. The number of carboxylic acid groups (broad SMARTS) is 1. The molecule has 0 fully saturated rings. The van der Waals surface area contributed by atoms with E-state index in [1.165, 1.54) is 0 Å². The molecule has 3 N–H and O–H groups in total. The van der Waals surface area contributed by atoms with E-state index in [4.69, 9.17) is 27.2 Å². The molecule has 1 aromatic rings. The van der Waals surface area contributed by atoms with Gasteiger partial charge in [0, 0.05) is 0 Å². The molecule has 1 unspecified atom stereocenters. The lowest BCUT2D eigenvalue weighted by atomic mass is 9.93. The van der Waals surface area contributed by atoms with Gasteiger partial charge in [0.25, 0.3) is 0 Å². The second-order valence-electron chi connectivity index (χ2n) is 4.55. The predicted octanol–water partition coefficient (Wildman–Crippen LogP) is 1.93. The van der Waals surface area contributed by atoms with Gasteiger partial charge in [-0.25, -0.2) is 0 Å². The van der Waals surface area contributed by atoms with Crippen molar-refractivity contribution < 1.29 is 14.6 Å². The molecule has 0 bridgehead atoms. The topological polar surface area (TPSA) is 72.6 Å². The van der Waals surface area contributed by atoms with Crippen molar-refractivity contribution in [1.82, 2.24) is 0 Å². The molecule has 98 valence electrons. The number of carboxylic acids is 1. The fourth-order valence-corrected chi connectivity index (χ4v) is 2.55. The maximum absolute atomic E-state index is 10.8. The molecular formula is C13H16ClNO3. The third-order valence-corrected chi connectivity index (χ3v) is 3.58. The first-order chi connectivity index (χ1) is 8.50. The van der Waals surface area contributed by atoms with Crippen LogP contribution in [0.4, 0.5) is 0 Å². The van der Waals surface area contributed by atoms with E-state index in [2.05, 4.69) is 0 Å². The summed E-state index contributed by atoms with van der Waals surface area (Å²) >= 11 is 6.17. The predicted molar refractivity (Wildman–Crippen MR) is 69.3 cm³/mol. The molecule has 1 aliphatic rings. The first-order valence-electron chi connectivity index (χ1n) is 5.92. The number of hydrogen-bond donors (Lipinski definition) is 2. The molecule has 0 radical (unpaired) electrons. The van der Waals surface area contributed by atoms with Gasteiger partial charge in [-0.05, 0) is 48.9 Å². The summed E-state index contributed by atoms with van der Waals surface area (Å²) in [5.41, 5.74) is 8.59. The molecule has 1 aromatic carbocycles. The maximum Gasteiger partial charge on any atom is 0.320 e. The number of rotatable bonds is 3. The van der Waals surface area contributed by atoms with Crippen LogP contribution in [-0.2, 0) is 17.6 Å². The molecule has 1 heterocycles. The van der Waals surface area contributed by atoms with Gasteiger partial charge in [0.15, 0.2) is 0 Å². The van der Waals surface area contributed by atoms with Gasteiger partial charge in [-0.15, -0.1) is 0 Å². The molecule has 1 atom stereocenters. The lowest BCUT2D eigenvalue weighted by Gasteiger charge is -2.23. The van der Waals surface area contributed by atoms with E-state index in [9.17, 15) is 4.79 Å². The average molecular weight is 270 g/mol. The van der Waals surface area contributed by atoms with Gasteiger partial charge in [0.2, 0.25) is 0 Å². The van der Waals surface area contributed by atoms with Crippen molar-refractivity contribution >= 4 is 17.6 Å². The molecule has 1 aliphatic heterocycles. The Balaban J connectivity index is 2.37. The monoisotopic (exact) mass is 269 g/mol. The van der Waals surface area contributed by atoms with Crippen LogP contribution in [0.5, 0.6) is 5.75 Å². The van der Waals surface area contributed by atoms with E-state index in [1.54, 1.807) is 6.07 Å². The summed E-state index contributed by atoms with van der Waals surface area (Å²) < 4.78 is 5.56. The minimum absolute atomic E-state index is 0.286. The highest BCUT2D eigenvalue weighted by molar-refractivity contribution is 6.32. The van der Waals surface area contributed by atoms with Crippen molar-refractivity contribution in [3.8, 4) is 5.75 Å². The molecule has 0 amide bonds. The van der Waals surface area contributed by atoms with E-state index in [0.717, 1.165) is 35.3 Å². The second-order valence-corrected chi connectivity index (χ2v) is 4.96. The third-order valence-electron chi connectivity index (χ3n) is 3.30. The Morgan fingerprint density at radius 1 is 1.67 bits per heavy atom. The Kier molecular flexibility index (Phi) is 3.78. The minimum atomic E-state index is -1.00. The summed E-state index contributed by atoms with van der Waals surface area (Å²) in [4.78, 5) is 10.8. The smallest absolute Gasteiger partial charge is 0.320 e. The van der Waals surface area contributed by atoms with E-state index >= 15 is 0 Å². The normalized spacial score (nSPS) is 15.7. The molecule has 0 spiro atoms. The van der Waals surface area contributed by atoms with Crippen molar-refractivity contribution in [2.45, 2.75) is 32.2 Å². The zero-order valence-electron chi connectivity index (χ0n) is 10.2. The Labute approximate surface area is 111 Å². The highest BCUT2D eigenvalue weighted by Gasteiger charge is 2.21. The van der Waals surface area contributed by atoms with Crippen LogP contribution in [0.2, 0.25) is 5.02 Å². The second kappa shape index (κ2) is 5.16. The number of benzene rings is 1. The van der Waals surface area contributed by atoms with Gasteiger partial charge in [0.1, 0.15) is 11.8 Å². The van der Waals surface area contributed by atoms with Crippen molar-refractivity contribution in [3.05, 3.63) is 27.8 Å². The van der Waals surface area contributed by atoms with Crippen LogP contribution in [0.15, 0.2) is 6.07 Å². The lowest BCUT2D eigenvalue weighted by Crippen LogP contribution is -2.32. The van der Waals surface area contributed by atoms with Crippen molar-refractivity contribution in [2.75, 3.05) is 6.61 Å². The average Bonchev–Trinajstić information content (AvgIpc) is 2.35. The van der Waals surface area contributed by atoms with Gasteiger partial charge < -0.3 is 15.6 Å². The van der Waals surface area contributed by atoms with Gasteiger partial charge in [-0.3, -0.25) is 4.79 Å². The SMILES string of the molecule is Cc1c(CC(N)C(=O)O)cc(Cl)c2c1CCCO2. The molecule has 0 saturated carbocycles. The number of halogens is 1. The zero-order valence-corrected chi connectivity index (χ0v) is 11.0. The summed E-state index contributed by atoms with van der Waals surface area (Å²) in [6.07, 6.45) is 2.16.